The molecule has 210 valence electrons. The minimum absolute atomic E-state index is 0.119. The van der Waals surface area contributed by atoms with Crippen molar-refractivity contribution in [2.45, 2.75) is 75.6 Å². The summed E-state index contributed by atoms with van der Waals surface area (Å²) < 4.78 is 35.1. The van der Waals surface area contributed by atoms with Crippen LogP contribution in [0.25, 0.3) is 0 Å². The molecule has 1 unspecified atom stereocenters. The summed E-state index contributed by atoms with van der Waals surface area (Å²) in [6, 6.07) is 21.4. The number of unbranched alkanes of at least 4 members (excludes halogenated alkanes) is 3. The minimum Gasteiger partial charge on any atom is -0.494 e. The van der Waals surface area contributed by atoms with Crippen LogP contribution in [0.1, 0.15) is 74.6 Å². The molecule has 0 saturated carbocycles. The highest BCUT2D eigenvalue weighted by atomic mass is 35.5. The SMILES string of the molecule is CCCCCCOc1ccc(CCC(NS(=O)(=O)c2ccc(Cl)cc2)c2ccc(CCCC(=O)O)cc2)cc1. The Morgan fingerprint density at radius 3 is 2.15 bits per heavy atom. The molecule has 0 aliphatic heterocycles. The van der Waals surface area contributed by atoms with Crippen molar-refractivity contribution in [2.24, 2.45) is 0 Å². The van der Waals surface area contributed by atoms with Crippen LogP contribution in [0.3, 0.4) is 0 Å². The van der Waals surface area contributed by atoms with Crippen LogP contribution < -0.4 is 9.46 Å². The quantitative estimate of drug-likeness (QED) is 0.165. The highest BCUT2D eigenvalue weighted by Gasteiger charge is 2.22. The number of hydrogen-bond donors (Lipinski definition) is 2. The normalized spacial score (nSPS) is 12.3. The highest BCUT2D eigenvalue weighted by molar-refractivity contribution is 7.89. The molecule has 3 aromatic carbocycles. The molecule has 0 fully saturated rings. The van der Waals surface area contributed by atoms with Crippen LogP contribution in [-0.4, -0.2) is 26.1 Å². The maximum Gasteiger partial charge on any atom is 0.303 e. The van der Waals surface area contributed by atoms with Gasteiger partial charge in [0.05, 0.1) is 11.5 Å². The monoisotopic (exact) mass is 571 g/mol. The number of sulfonamides is 1. The number of carbonyl (C=O) groups is 1. The van der Waals surface area contributed by atoms with E-state index in [1.807, 2.05) is 48.5 Å². The minimum atomic E-state index is -3.78. The molecule has 1 atom stereocenters. The van der Waals surface area contributed by atoms with Gasteiger partial charge in [0.1, 0.15) is 5.75 Å². The van der Waals surface area contributed by atoms with E-state index < -0.39 is 22.0 Å². The molecule has 0 spiro atoms. The van der Waals surface area contributed by atoms with Gasteiger partial charge in [0, 0.05) is 17.5 Å². The molecular weight excluding hydrogens is 534 g/mol. The van der Waals surface area contributed by atoms with Crippen LogP contribution in [0, 0.1) is 0 Å². The summed E-state index contributed by atoms with van der Waals surface area (Å²) in [6.07, 6.45) is 7.19. The van der Waals surface area contributed by atoms with Crippen molar-refractivity contribution < 1.29 is 23.1 Å². The summed E-state index contributed by atoms with van der Waals surface area (Å²) in [6.45, 7) is 2.90. The topological polar surface area (TPSA) is 92.7 Å². The third-order valence-electron chi connectivity index (χ3n) is 6.57. The van der Waals surface area contributed by atoms with Crippen molar-refractivity contribution in [3.8, 4) is 5.75 Å². The third-order valence-corrected chi connectivity index (χ3v) is 8.31. The number of carboxylic acid groups (broad SMARTS) is 1. The zero-order valence-corrected chi connectivity index (χ0v) is 24.0. The number of rotatable bonds is 17. The molecule has 3 aromatic rings. The van der Waals surface area contributed by atoms with E-state index in [0.717, 1.165) is 28.9 Å². The number of nitrogens with one attached hydrogen (secondary N) is 1. The lowest BCUT2D eigenvalue weighted by atomic mass is 9.98. The van der Waals surface area contributed by atoms with E-state index in [1.165, 1.54) is 31.4 Å². The predicted octanol–water partition coefficient (Wildman–Crippen LogP) is 7.36. The molecule has 6 nitrogen and oxygen atoms in total. The van der Waals surface area contributed by atoms with Gasteiger partial charge in [-0.15, -0.1) is 0 Å². The molecule has 0 saturated heterocycles. The Balaban J connectivity index is 1.69. The standard InChI is InChI=1S/C31H38ClNO5S/c1-2-3-4-5-23-38-28-18-11-25(12-19-28)13-22-30(33-39(36,37)29-20-16-27(32)17-21-29)26-14-9-24(10-15-26)7-6-8-31(34)35/h9-12,14-21,30,33H,2-8,13,22-23H2,1H3,(H,34,35). The second kappa shape index (κ2) is 15.7. The number of aliphatic carboxylic acids is 1. The lowest BCUT2D eigenvalue weighted by Gasteiger charge is -2.20. The molecule has 0 aliphatic rings. The average Bonchev–Trinajstić information content (AvgIpc) is 2.92. The number of benzene rings is 3. The lowest BCUT2D eigenvalue weighted by molar-refractivity contribution is -0.137. The van der Waals surface area contributed by atoms with Crippen LogP contribution in [0.5, 0.6) is 5.75 Å². The van der Waals surface area contributed by atoms with Gasteiger partial charge < -0.3 is 9.84 Å². The summed E-state index contributed by atoms with van der Waals surface area (Å²) in [5, 5.41) is 9.35. The Hall–Kier alpha value is -2.87. The van der Waals surface area contributed by atoms with Gasteiger partial charge in [-0.1, -0.05) is 74.2 Å². The van der Waals surface area contributed by atoms with E-state index in [9.17, 15) is 13.2 Å². The molecule has 3 rings (SSSR count). The van der Waals surface area contributed by atoms with Crippen molar-refractivity contribution in [3.63, 3.8) is 0 Å². The smallest absolute Gasteiger partial charge is 0.303 e. The van der Waals surface area contributed by atoms with Crippen LogP contribution in [0.4, 0.5) is 0 Å². The largest absolute Gasteiger partial charge is 0.494 e. The lowest BCUT2D eigenvalue weighted by Crippen LogP contribution is -2.29. The van der Waals surface area contributed by atoms with Gasteiger partial charge in [0.25, 0.3) is 0 Å². The van der Waals surface area contributed by atoms with Gasteiger partial charge in [-0.05, 0) is 85.2 Å². The van der Waals surface area contributed by atoms with E-state index >= 15 is 0 Å². The molecule has 0 aromatic heterocycles. The number of ether oxygens (including phenoxy) is 1. The number of carboxylic acids is 1. The Morgan fingerprint density at radius 1 is 0.872 bits per heavy atom. The summed E-state index contributed by atoms with van der Waals surface area (Å²) in [7, 11) is -3.78. The summed E-state index contributed by atoms with van der Waals surface area (Å²) >= 11 is 5.95. The number of aryl methyl sites for hydroxylation is 2. The van der Waals surface area contributed by atoms with Gasteiger partial charge in [-0.25, -0.2) is 13.1 Å². The van der Waals surface area contributed by atoms with Crippen molar-refractivity contribution >= 4 is 27.6 Å². The number of hydrogen-bond acceptors (Lipinski definition) is 4. The van der Waals surface area contributed by atoms with Gasteiger partial charge in [-0.3, -0.25) is 4.79 Å². The second-order valence-corrected chi connectivity index (χ2v) is 11.9. The second-order valence-electron chi connectivity index (χ2n) is 9.71. The Morgan fingerprint density at radius 2 is 1.51 bits per heavy atom. The Kier molecular flexibility index (Phi) is 12.3. The van der Waals surface area contributed by atoms with Gasteiger partial charge in [-0.2, -0.15) is 0 Å². The maximum absolute atomic E-state index is 13.2. The van der Waals surface area contributed by atoms with E-state index in [0.29, 0.717) is 37.3 Å². The van der Waals surface area contributed by atoms with Crippen LogP contribution in [0.15, 0.2) is 77.7 Å². The molecular formula is C31H38ClNO5S. The fraction of sp³-hybridized carbons (Fsp3) is 0.387. The first-order chi connectivity index (χ1) is 18.8. The molecule has 0 amide bonds. The molecule has 0 radical (unpaired) electrons. The van der Waals surface area contributed by atoms with Crippen molar-refractivity contribution in [1.29, 1.82) is 0 Å². The summed E-state index contributed by atoms with van der Waals surface area (Å²) in [5.74, 6) is 0.0311. The number of halogens is 1. The van der Waals surface area contributed by atoms with Crippen LogP contribution >= 0.6 is 11.6 Å². The Bertz CT molecular complexity index is 1260. The fourth-order valence-electron chi connectivity index (χ4n) is 4.31. The molecule has 2 N–H and O–H groups in total. The zero-order valence-electron chi connectivity index (χ0n) is 22.4. The maximum atomic E-state index is 13.2. The first kappa shape index (κ1) is 30.7. The van der Waals surface area contributed by atoms with Gasteiger partial charge in [0.15, 0.2) is 0 Å². The fourth-order valence-corrected chi connectivity index (χ4v) is 5.69. The third kappa shape index (κ3) is 10.7. The van der Waals surface area contributed by atoms with E-state index in [2.05, 4.69) is 11.6 Å². The predicted molar refractivity (Wildman–Crippen MR) is 156 cm³/mol. The summed E-state index contributed by atoms with van der Waals surface area (Å²) in [5.41, 5.74) is 2.96. The molecule has 8 heteroatoms. The molecule has 39 heavy (non-hydrogen) atoms. The van der Waals surface area contributed by atoms with Crippen molar-refractivity contribution in [3.05, 3.63) is 94.5 Å². The average molecular weight is 572 g/mol. The van der Waals surface area contributed by atoms with E-state index in [1.54, 1.807) is 12.1 Å². The van der Waals surface area contributed by atoms with Gasteiger partial charge in [0.2, 0.25) is 10.0 Å². The first-order valence-corrected chi connectivity index (χ1v) is 15.4. The van der Waals surface area contributed by atoms with E-state index in [-0.39, 0.29) is 11.3 Å². The van der Waals surface area contributed by atoms with Gasteiger partial charge >= 0.3 is 5.97 Å². The van der Waals surface area contributed by atoms with Crippen molar-refractivity contribution in [1.82, 2.24) is 4.72 Å². The van der Waals surface area contributed by atoms with E-state index in [4.69, 9.17) is 21.4 Å². The van der Waals surface area contributed by atoms with Crippen LogP contribution in [-0.2, 0) is 27.7 Å². The van der Waals surface area contributed by atoms with Crippen LogP contribution in [0.2, 0.25) is 5.02 Å². The first-order valence-electron chi connectivity index (χ1n) is 13.6. The zero-order chi connectivity index (χ0) is 28.1. The Labute approximate surface area is 237 Å². The molecule has 0 bridgehead atoms. The molecule has 0 heterocycles. The molecule has 0 aliphatic carbocycles. The highest BCUT2D eigenvalue weighted by Crippen LogP contribution is 2.25. The van der Waals surface area contributed by atoms with Crippen molar-refractivity contribution in [2.75, 3.05) is 6.61 Å². The summed E-state index contributed by atoms with van der Waals surface area (Å²) in [4.78, 5) is 11.0.